The number of carbonyl (C=O) groups is 1. The Bertz CT molecular complexity index is 980. The van der Waals surface area contributed by atoms with Crippen molar-refractivity contribution in [2.45, 2.75) is 19.4 Å². The van der Waals surface area contributed by atoms with Gasteiger partial charge in [-0.3, -0.25) is 14.9 Å². The molecular formula is C17H16N4O4. The zero-order chi connectivity index (χ0) is 18.1. The van der Waals surface area contributed by atoms with Crippen LogP contribution in [0.15, 0.2) is 42.6 Å². The number of nitrogens with two attached hydrogens (primary N) is 1. The number of carboxylic acid groups (broad SMARTS) is 1. The number of imidazole rings is 1. The molecule has 2 aromatic heterocycles. The van der Waals surface area contributed by atoms with Crippen LogP contribution in [0.1, 0.15) is 11.3 Å². The van der Waals surface area contributed by atoms with Gasteiger partial charge in [0.05, 0.1) is 16.3 Å². The van der Waals surface area contributed by atoms with Crippen LogP contribution in [0, 0.1) is 17.0 Å². The summed E-state index contributed by atoms with van der Waals surface area (Å²) in [7, 11) is 0. The van der Waals surface area contributed by atoms with Gasteiger partial charge < -0.3 is 15.2 Å². The SMILES string of the molecule is Cc1ccn2c(CC(N)C(=O)O)c(-c3cccc([N+](=O)[O-])c3)nc2c1. The van der Waals surface area contributed by atoms with E-state index in [1.807, 2.05) is 19.1 Å². The minimum atomic E-state index is -1.12. The summed E-state index contributed by atoms with van der Waals surface area (Å²) in [6, 6.07) is 8.73. The molecule has 0 saturated carbocycles. The molecule has 2 heterocycles. The fourth-order valence-electron chi connectivity index (χ4n) is 2.69. The highest BCUT2D eigenvalue weighted by atomic mass is 16.6. The van der Waals surface area contributed by atoms with Crippen molar-refractivity contribution in [1.29, 1.82) is 0 Å². The van der Waals surface area contributed by atoms with E-state index in [4.69, 9.17) is 10.8 Å². The summed E-state index contributed by atoms with van der Waals surface area (Å²) in [5.41, 5.74) is 8.92. The standard InChI is InChI=1S/C17H16N4O4/c1-10-5-6-20-14(9-13(18)17(22)23)16(19-15(20)7-10)11-3-2-4-12(8-11)21(24)25/h2-8,13H,9,18H2,1H3,(H,22,23). The van der Waals surface area contributed by atoms with Crippen LogP contribution < -0.4 is 5.73 Å². The summed E-state index contributed by atoms with van der Waals surface area (Å²) in [6.07, 6.45) is 1.85. The summed E-state index contributed by atoms with van der Waals surface area (Å²) in [4.78, 5) is 26.3. The van der Waals surface area contributed by atoms with Crippen LogP contribution in [0.5, 0.6) is 0 Å². The highest BCUT2D eigenvalue weighted by Crippen LogP contribution is 2.28. The first-order valence-electron chi connectivity index (χ1n) is 7.57. The monoisotopic (exact) mass is 340 g/mol. The van der Waals surface area contributed by atoms with Crippen LogP contribution in [0.25, 0.3) is 16.9 Å². The lowest BCUT2D eigenvalue weighted by molar-refractivity contribution is -0.384. The van der Waals surface area contributed by atoms with E-state index in [1.54, 1.807) is 22.7 Å². The summed E-state index contributed by atoms with van der Waals surface area (Å²) >= 11 is 0. The van der Waals surface area contributed by atoms with E-state index in [9.17, 15) is 14.9 Å². The van der Waals surface area contributed by atoms with Crippen LogP contribution in [-0.4, -0.2) is 31.4 Å². The first-order valence-corrected chi connectivity index (χ1v) is 7.57. The smallest absolute Gasteiger partial charge is 0.320 e. The predicted molar refractivity (Wildman–Crippen MR) is 91.3 cm³/mol. The number of hydrogen-bond donors (Lipinski definition) is 2. The Morgan fingerprint density at radius 1 is 1.40 bits per heavy atom. The largest absolute Gasteiger partial charge is 0.480 e. The van der Waals surface area contributed by atoms with E-state index in [0.29, 0.717) is 22.6 Å². The van der Waals surface area contributed by atoms with Gasteiger partial charge in [-0.1, -0.05) is 12.1 Å². The number of aliphatic carboxylic acids is 1. The van der Waals surface area contributed by atoms with Crippen molar-refractivity contribution in [3.63, 3.8) is 0 Å². The quantitative estimate of drug-likeness (QED) is 0.542. The minimum Gasteiger partial charge on any atom is -0.480 e. The maximum Gasteiger partial charge on any atom is 0.320 e. The second kappa shape index (κ2) is 6.33. The predicted octanol–water partition coefficient (Wildman–Crippen LogP) is 2.17. The van der Waals surface area contributed by atoms with E-state index in [0.717, 1.165) is 5.56 Å². The van der Waals surface area contributed by atoms with Crippen molar-refractivity contribution in [2.24, 2.45) is 5.73 Å². The molecule has 8 nitrogen and oxygen atoms in total. The van der Waals surface area contributed by atoms with Gasteiger partial charge in [-0.2, -0.15) is 0 Å². The van der Waals surface area contributed by atoms with E-state index < -0.39 is 16.9 Å². The van der Waals surface area contributed by atoms with Crippen LogP contribution in [0.2, 0.25) is 0 Å². The average Bonchev–Trinajstić information content (AvgIpc) is 2.92. The van der Waals surface area contributed by atoms with E-state index in [2.05, 4.69) is 4.98 Å². The zero-order valence-electron chi connectivity index (χ0n) is 13.4. The summed E-state index contributed by atoms with van der Waals surface area (Å²) in [5.74, 6) is -1.12. The number of aryl methyl sites for hydroxylation is 1. The summed E-state index contributed by atoms with van der Waals surface area (Å²) < 4.78 is 1.77. The molecule has 3 rings (SSSR count). The van der Waals surface area contributed by atoms with Gasteiger partial charge in [0.25, 0.3) is 5.69 Å². The molecule has 0 radical (unpaired) electrons. The molecule has 3 N–H and O–H groups in total. The van der Waals surface area contributed by atoms with Crippen molar-refractivity contribution in [2.75, 3.05) is 0 Å². The first kappa shape index (κ1) is 16.6. The normalized spacial score (nSPS) is 12.2. The van der Waals surface area contributed by atoms with Crippen molar-refractivity contribution in [3.8, 4) is 11.3 Å². The van der Waals surface area contributed by atoms with Crippen LogP contribution in [0.3, 0.4) is 0 Å². The molecule has 0 amide bonds. The van der Waals surface area contributed by atoms with Gasteiger partial charge in [-0.05, 0) is 24.6 Å². The van der Waals surface area contributed by atoms with Crippen molar-refractivity contribution >= 4 is 17.3 Å². The highest BCUT2D eigenvalue weighted by molar-refractivity contribution is 5.75. The number of non-ortho nitro benzene ring substituents is 1. The van der Waals surface area contributed by atoms with Gasteiger partial charge in [0, 0.05) is 30.3 Å². The molecule has 8 heteroatoms. The van der Waals surface area contributed by atoms with Gasteiger partial charge in [-0.25, -0.2) is 4.98 Å². The number of pyridine rings is 1. The molecule has 128 valence electrons. The molecule has 1 unspecified atom stereocenters. The number of nitro groups is 1. The van der Waals surface area contributed by atoms with Crippen molar-refractivity contribution in [1.82, 2.24) is 9.38 Å². The number of nitro benzene ring substituents is 1. The maximum atomic E-state index is 11.2. The van der Waals surface area contributed by atoms with Crippen LogP contribution in [0.4, 0.5) is 5.69 Å². The lowest BCUT2D eigenvalue weighted by Gasteiger charge is -2.09. The molecule has 3 aromatic rings. The molecular weight excluding hydrogens is 324 g/mol. The van der Waals surface area contributed by atoms with E-state index in [1.165, 1.54) is 12.1 Å². The number of aromatic nitrogens is 2. The van der Waals surface area contributed by atoms with Crippen LogP contribution in [-0.2, 0) is 11.2 Å². The Labute approximate surface area is 142 Å². The molecule has 0 aliphatic carbocycles. The average molecular weight is 340 g/mol. The van der Waals surface area contributed by atoms with Gasteiger partial charge in [-0.15, -0.1) is 0 Å². The fourth-order valence-corrected chi connectivity index (χ4v) is 2.69. The number of hydrogen-bond acceptors (Lipinski definition) is 5. The zero-order valence-corrected chi connectivity index (χ0v) is 13.4. The third-order valence-corrected chi connectivity index (χ3v) is 3.94. The summed E-state index contributed by atoms with van der Waals surface area (Å²) in [5, 5.41) is 20.2. The number of benzene rings is 1. The lowest BCUT2D eigenvalue weighted by atomic mass is 10.0. The molecule has 0 fully saturated rings. The molecule has 0 aliphatic rings. The molecule has 0 bridgehead atoms. The molecule has 1 aromatic carbocycles. The van der Waals surface area contributed by atoms with Gasteiger partial charge in [0.1, 0.15) is 11.7 Å². The summed E-state index contributed by atoms with van der Waals surface area (Å²) in [6.45, 7) is 1.92. The van der Waals surface area contributed by atoms with Gasteiger partial charge >= 0.3 is 5.97 Å². The highest BCUT2D eigenvalue weighted by Gasteiger charge is 2.21. The minimum absolute atomic E-state index is 0.0532. The molecule has 0 aliphatic heterocycles. The molecule has 0 saturated heterocycles. The topological polar surface area (TPSA) is 124 Å². The van der Waals surface area contributed by atoms with E-state index >= 15 is 0 Å². The maximum absolute atomic E-state index is 11.2. The van der Waals surface area contributed by atoms with Gasteiger partial charge in [0.2, 0.25) is 0 Å². The second-order valence-corrected chi connectivity index (χ2v) is 5.80. The molecule has 0 spiro atoms. The van der Waals surface area contributed by atoms with Crippen molar-refractivity contribution in [3.05, 3.63) is 64.0 Å². The lowest BCUT2D eigenvalue weighted by Crippen LogP contribution is -2.32. The molecule has 25 heavy (non-hydrogen) atoms. The third-order valence-electron chi connectivity index (χ3n) is 3.94. The Kier molecular flexibility index (Phi) is 4.20. The Morgan fingerprint density at radius 2 is 2.16 bits per heavy atom. The second-order valence-electron chi connectivity index (χ2n) is 5.80. The number of fused-ring (bicyclic) bond motifs is 1. The number of nitrogens with zero attached hydrogens (tertiary/aromatic N) is 3. The fraction of sp³-hybridized carbons (Fsp3) is 0.176. The van der Waals surface area contributed by atoms with E-state index in [-0.39, 0.29) is 12.1 Å². The van der Waals surface area contributed by atoms with Crippen molar-refractivity contribution < 1.29 is 14.8 Å². The van der Waals surface area contributed by atoms with Gasteiger partial charge in [0.15, 0.2) is 0 Å². The Balaban J connectivity index is 2.20. The number of carboxylic acids is 1. The Morgan fingerprint density at radius 3 is 2.84 bits per heavy atom. The Hall–Kier alpha value is -3.26. The van der Waals surface area contributed by atoms with Crippen LogP contribution >= 0.6 is 0 Å². The number of rotatable bonds is 5. The third kappa shape index (κ3) is 3.20. The molecule has 1 atom stereocenters. The first-order chi connectivity index (χ1) is 11.9.